The second-order valence-electron chi connectivity index (χ2n) is 6.19. The topological polar surface area (TPSA) is 69.7 Å². The summed E-state index contributed by atoms with van der Waals surface area (Å²) in [5.41, 5.74) is 0.414. The Bertz CT molecular complexity index is 679. The first-order chi connectivity index (χ1) is 10.7. The van der Waals surface area contributed by atoms with Gasteiger partial charge in [0.1, 0.15) is 0 Å². The number of nitrogens with one attached hydrogen (secondary N) is 1. The summed E-state index contributed by atoms with van der Waals surface area (Å²) < 4.78 is 26.5. The summed E-state index contributed by atoms with van der Waals surface area (Å²) in [5, 5.41) is 3.24. The molecular formula is C16H26ClN3O3S. The van der Waals surface area contributed by atoms with Gasteiger partial charge in [0.2, 0.25) is 10.0 Å². The Balaban J connectivity index is 0.00000288. The van der Waals surface area contributed by atoms with E-state index in [9.17, 15) is 13.2 Å². The third-order valence-corrected chi connectivity index (χ3v) is 6.28. The molecule has 136 valence electrons. The lowest BCUT2D eigenvalue weighted by Gasteiger charge is -2.34. The summed E-state index contributed by atoms with van der Waals surface area (Å²) >= 11 is 0. The highest BCUT2D eigenvalue weighted by atomic mass is 35.5. The minimum Gasteiger partial charge on any atom is -0.333 e. The lowest BCUT2D eigenvalue weighted by atomic mass is 10.1. The maximum atomic E-state index is 12.7. The molecule has 1 aliphatic heterocycles. The SMILES string of the molecule is CC1CNCCN1C(=O)c1cccc(S(=O)(=O)N(C)C(C)C)c1.Cl. The minimum absolute atomic E-state index is 0. The fourth-order valence-corrected chi connectivity index (χ4v) is 3.96. The van der Waals surface area contributed by atoms with Gasteiger partial charge < -0.3 is 10.2 Å². The number of rotatable bonds is 4. The van der Waals surface area contributed by atoms with Crippen molar-refractivity contribution >= 4 is 28.3 Å². The summed E-state index contributed by atoms with van der Waals surface area (Å²) in [5.74, 6) is -0.122. The van der Waals surface area contributed by atoms with E-state index in [1.165, 1.54) is 16.4 Å². The van der Waals surface area contributed by atoms with Gasteiger partial charge in [0.05, 0.1) is 4.90 Å². The second-order valence-corrected chi connectivity index (χ2v) is 8.19. The van der Waals surface area contributed by atoms with Crippen LogP contribution in [0.5, 0.6) is 0 Å². The van der Waals surface area contributed by atoms with Crippen molar-refractivity contribution in [3.8, 4) is 0 Å². The molecule has 1 atom stereocenters. The quantitative estimate of drug-likeness (QED) is 0.867. The third kappa shape index (κ3) is 4.27. The highest BCUT2D eigenvalue weighted by Gasteiger charge is 2.27. The number of piperazine rings is 1. The van der Waals surface area contributed by atoms with Gasteiger partial charge in [-0.25, -0.2) is 8.42 Å². The van der Waals surface area contributed by atoms with Crippen LogP contribution in [0.25, 0.3) is 0 Å². The van der Waals surface area contributed by atoms with E-state index >= 15 is 0 Å². The fraction of sp³-hybridized carbons (Fsp3) is 0.562. The van der Waals surface area contributed by atoms with Gasteiger partial charge in [-0.2, -0.15) is 4.31 Å². The number of hydrogen-bond donors (Lipinski definition) is 1. The molecule has 0 bridgehead atoms. The number of carbonyl (C=O) groups is 1. The molecule has 0 radical (unpaired) electrons. The molecule has 0 aliphatic carbocycles. The van der Waals surface area contributed by atoms with E-state index < -0.39 is 10.0 Å². The third-order valence-electron chi connectivity index (χ3n) is 4.25. The number of hydrogen-bond acceptors (Lipinski definition) is 4. The molecule has 6 nitrogen and oxygen atoms in total. The van der Waals surface area contributed by atoms with Gasteiger partial charge in [-0.05, 0) is 39.0 Å². The van der Waals surface area contributed by atoms with Crippen LogP contribution >= 0.6 is 12.4 Å². The predicted molar refractivity (Wildman–Crippen MR) is 97.1 cm³/mol. The first kappa shape index (κ1) is 20.9. The van der Waals surface area contributed by atoms with E-state index in [2.05, 4.69) is 5.32 Å². The van der Waals surface area contributed by atoms with Gasteiger partial charge in [-0.15, -0.1) is 12.4 Å². The number of carbonyl (C=O) groups excluding carboxylic acids is 1. The largest absolute Gasteiger partial charge is 0.333 e. The molecule has 1 unspecified atom stereocenters. The Labute approximate surface area is 150 Å². The van der Waals surface area contributed by atoms with E-state index in [4.69, 9.17) is 0 Å². The van der Waals surface area contributed by atoms with Crippen LogP contribution in [0.4, 0.5) is 0 Å². The van der Waals surface area contributed by atoms with E-state index in [-0.39, 0.29) is 35.3 Å². The van der Waals surface area contributed by atoms with Crippen molar-refractivity contribution in [3.63, 3.8) is 0 Å². The van der Waals surface area contributed by atoms with Crippen LogP contribution in [0.3, 0.4) is 0 Å². The van der Waals surface area contributed by atoms with Gasteiger partial charge >= 0.3 is 0 Å². The molecule has 8 heteroatoms. The maximum Gasteiger partial charge on any atom is 0.254 e. The Morgan fingerprint density at radius 3 is 2.62 bits per heavy atom. The first-order valence-corrected chi connectivity index (χ1v) is 9.29. The summed E-state index contributed by atoms with van der Waals surface area (Å²) in [6.45, 7) is 7.74. The van der Waals surface area contributed by atoms with Crippen molar-refractivity contribution in [1.29, 1.82) is 0 Å². The Morgan fingerprint density at radius 1 is 1.38 bits per heavy atom. The van der Waals surface area contributed by atoms with E-state index in [1.807, 2.05) is 20.8 Å². The zero-order valence-electron chi connectivity index (χ0n) is 14.5. The van der Waals surface area contributed by atoms with Gasteiger partial charge in [-0.1, -0.05) is 6.07 Å². The Hall–Kier alpha value is -1.15. The lowest BCUT2D eigenvalue weighted by molar-refractivity contribution is 0.0655. The second kappa shape index (κ2) is 8.29. The number of halogens is 1. The van der Waals surface area contributed by atoms with Crippen molar-refractivity contribution < 1.29 is 13.2 Å². The predicted octanol–water partition coefficient (Wildman–Crippen LogP) is 1.57. The first-order valence-electron chi connectivity index (χ1n) is 7.85. The average Bonchev–Trinajstić information content (AvgIpc) is 2.54. The van der Waals surface area contributed by atoms with E-state index in [1.54, 1.807) is 24.1 Å². The molecular weight excluding hydrogens is 350 g/mol. The van der Waals surface area contributed by atoms with Gasteiger partial charge in [-0.3, -0.25) is 4.79 Å². The average molecular weight is 376 g/mol. The smallest absolute Gasteiger partial charge is 0.254 e. The van der Waals surface area contributed by atoms with Crippen molar-refractivity contribution in [1.82, 2.24) is 14.5 Å². The molecule has 1 fully saturated rings. The molecule has 0 aromatic heterocycles. The molecule has 1 heterocycles. The van der Waals surface area contributed by atoms with Crippen LogP contribution in [0, 0.1) is 0 Å². The molecule has 2 rings (SSSR count). The standard InChI is InChI=1S/C16H25N3O3S.ClH/c1-12(2)18(4)23(21,22)15-7-5-6-14(10-15)16(20)19-9-8-17-11-13(19)3;/h5-7,10,12-13,17H,8-9,11H2,1-4H3;1H. The van der Waals surface area contributed by atoms with Crippen LogP contribution in [0.15, 0.2) is 29.2 Å². The summed E-state index contributed by atoms with van der Waals surface area (Å²) in [4.78, 5) is 14.6. The normalized spacial score (nSPS) is 18.6. The summed E-state index contributed by atoms with van der Waals surface area (Å²) in [6, 6.07) is 6.26. The maximum absolute atomic E-state index is 12.7. The highest BCUT2D eigenvalue weighted by molar-refractivity contribution is 7.89. The molecule has 1 aromatic carbocycles. The molecule has 1 saturated heterocycles. The number of amides is 1. The Morgan fingerprint density at radius 2 is 2.04 bits per heavy atom. The fourth-order valence-electron chi connectivity index (χ4n) is 2.54. The van der Waals surface area contributed by atoms with Crippen molar-refractivity contribution in [2.24, 2.45) is 0 Å². The molecule has 1 aromatic rings. The minimum atomic E-state index is -3.59. The van der Waals surface area contributed by atoms with Crippen molar-refractivity contribution in [2.75, 3.05) is 26.7 Å². The number of nitrogens with zero attached hydrogens (tertiary/aromatic N) is 2. The zero-order valence-corrected chi connectivity index (χ0v) is 16.2. The van der Waals surface area contributed by atoms with Crippen LogP contribution < -0.4 is 5.32 Å². The molecule has 1 N–H and O–H groups in total. The van der Waals surface area contributed by atoms with Crippen LogP contribution in [0.2, 0.25) is 0 Å². The van der Waals surface area contributed by atoms with Crippen molar-refractivity contribution in [2.45, 2.75) is 37.8 Å². The van der Waals surface area contributed by atoms with Gasteiger partial charge in [0.15, 0.2) is 0 Å². The monoisotopic (exact) mass is 375 g/mol. The summed E-state index contributed by atoms with van der Waals surface area (Å²) in [7, 11) is -2.04. The molecule has 1 aliphatic rings. The molecule has 1 amide bonds. The molecule has 24 heavy (non-hydrogen) atoms. The van der Waals surface area contributed by atoms with Gasteiger partial charge in [0, 0.05) is 44.3 Å². The summed E-state index contributed by atoms with van der Waals surface area (Å²) in [6.07, 6.45) is 0. The zero-order chi connectivity index (χ0) is 17.2. The van der Waals surface area contributed by atoms with Crippen LogP contribution in [0.1, 0.15) is 31.1 Å². The van der Waals surface area contributed by atoms with Gasteiger partial charge in [0.25, 0.3) is 5.91 Å². The van der Waals surface area contributed by atoms with E-state index in [0.717, 1.165) is 13.1 Å². The van der Waals surface area contributed by atoms with Crippen LogP contribution in [-0.2, 0) is 10.0 Å². The van der Waals surface area contributed by atoms with E-state index in [0.29, 0.717) is 12.1 Å². The lowest BCUT2D eigenvalue weighted by Crippen LogP contribution is -2.52. The molecule has 0 saturated carbocycles. The number of benzene rings is 1. The number of sulfonamides is 1. The highest BCUT2D eigenvalue weighted by Crippen LogP contribution is 2.19. The molecule has 0 spiro atoms. The Kier molecular flexibility index (Phi) is 7.22. The van der Waals surface area contributed by atoms with Crippen molar-refractivity contribution in [3.05, 3.63) is 29.8 Å². The van der Waals surface area contributed by atoms with Crippen LogP contribution in [-0.4, -0.2) is 62.3 Å².